The molecule has 40 heavy (non-hydrogen) atoms. The molecule has 222 valence electrons. The second kappa shape index (κ2) is 17.1. The average molecular weight is 584 g/mol. The molecule has 5 amide bonds. The van der Waals surface area contributed by atoms with E-state index in [1.807, 2.05) is 30.3 Å². The van der Waals surface area contributed by atoms with Gasteiger partial charge in [-0.2, -0.15) is 12.6 Å². The summed E-state index contributed by atoms with van der Waals surface area (Å²) >= 11 is 4.24. The monoisotopic (exact) mass is 583 g/mol. The molecule has 0 aliphatic carbocycles. The number of carbonyl (C=O) groups is 6. The van der Waals surface area contributed by atoms with Gasteiger partial charge in [0.05, 0.1) is 18.6 Å². The Balaban J connectivity index is 3.01. The number of carboxylic acid groups (broad SMARTS) is 1. The fourth-order valence-electron chi connectivity index (χ4n) is 3.47. The first-order chi connectivity index (χ1) is 18.8. The van der Waals surface area contributed by atoms with E-state index in [1.165, 1.54) is 13.8 Å². The Hall–Kier alpha value is -3.69. The number of primary amides is 1. The van der Waals surface area contributed by atoms with Gasteiger partial charge in [-0.25, -0.2) is 0 Å². The Morgan fingerprint density at radius 3 is 1.95 bits per heavy atom. The van der Waals surface area contributed by atoms with Gasteiger partial charge in [0.25, 0.3) is 0 Å². The highest BCUT2D eigenvalue weighted by Crippen LogP contribution is 2.12. The van der Waals surface area contributed by atoms with Crippen molar-refractivity contribution >= 4 is 48.1 Å². The quantitative estimate of drug-likeness (QED) is 0.0877. The number of aliphatic hydroxyl groups is 2. The van der Waals surface area contributed by atoms with Crippen LogP contribution in [0.1, 0.15) is 32.3 Å². The van der Waals surface area contributed by atoms with Crippen molar-refractivity contribution in [2.45, 2.75) is 63.4 Å². The predicted octanol–water partition coefficient (Wildman–Crippen LogP) is -2.54. The summed E-state index contributed by atoms with van der Waals surface area (Å²) in [6.07, 6.45) is -1.66. The molecule has 14 nitrogen and oxygen atoms in total. The van der Waals surface area contributed by atoms with Crippen LogP contribution < -0.4 is 27.0 Å². The van der Waals surface area contributed by atoms with Crippen LogP contribution >= 0.6 is 12.6 Å². The number of aliphatic hydroxyl groups excluding tert-OH is 2. The third kappa shape index (κ3) is 11.6. The lowest BCUT2D eigenvalue weighted by Gasteiger charge is -2.27. The fraction of sp³-hybridized carbons (Fsp3) is 0.520. The number of rotatable bonds is 17. The molecular weight excluding hydrogens is 546 g/mol. The van der Waals surface area contributed by atoms with Crippen LogP contribution in [0.2, 0.25) is 0 Å². The van der Waals surface area contributed by atoms with Crippen molar-refractivity contribution in [3.63, 3.8) is 0 Å². The highest BCUT2D eigenvalue weighted by Gasteiger charge is 2.33. The number of hydrogen-bond acceptors (Lipinski definition) is 9. The molecule has 0 radical (unpaired) electrons. The summed E-state index contributed by atoms with van der Waals surface area (Å²) in [4.78, 5) is 73.5. The summed E-state index contributed by atoms with van der Waals surface area (Å²) in [5, 5.41) is 37.7. The Labute approximate surface area is 236 Å². The summed E-state index contributed by atoms with van der Waals surface area (Å²) in [5.74, 6) is -6.11. The van der Waals surface area contributed by atoms with E-state index in [0.29, 0.717) is 6.42 Å². The van der Waals surface area contributed by atoms with Gasteiger partial charge in [-0.15, -0.1) is 0 Å². The molecule has 1 aromatic rings. The second-order valence-corrected chi connectivity index (χ2v) is 9.54. The summed E-state index contributed by atoms with van der Waals surface area (Å²) < 4.78 is 0. The molecule has 15 heteroatoms. The number of nitrogens with two attached hydrogens (primary N) is 1. The maximum absolute atomic E-state index is 13.1. The van der Waals surface area contributed by atoms with Crippen LogP contribution in [0.15, 0.2) is 30.3 Å². The van der Waals surface area contributed by atoms with Crippen molar-refractivity contribution < 1.29 is 44.1 Å². The maximum Gasteiger partial charge on any atom is 0.325 e. The lowest BCUT2D eigenvalue weighted by atomic mass is 9.99. The molecule has 0 aliphatic heterocycles. The molecule has 0 saturated heterocycles. The Morgan fingerprint density at radius 1 is 0.875 bits per heavy atom. The van der Waals surface area contributed by atoms with Crippen LogP contribution in [0.3, 0.4) is 0 Å². The van der Waals surface area contributed by atoms with Crippen molar-refractivity contribution in [3.05, 3.63) is 35.9 Å². The Bertz CT molecular complexity index is 1040. The average Bonchev–Trinajstić information content (AvgIpc) is 2.90. The zero-order valence-corrected chi connectivity index (χ0v) is 23.1. The van der Waals surface area contributed by atoms with Gasteiger partial charge < -0.3 is 42.3 Å². The van der Waals surface area contributed by atoms with Crippen molar-refractivity contribution in [3.8, 4) is 0 Å². The van der Waals surface area contributed by atoms with E-state index in [2.05, 4.69) is 33.9 Å². The van der Waals surface area contributed by atoms with Crippen LogP contribution in [-0.4, -0.2) is 93.5 Å². The SMILES string of the molecule is C[C@H](O)[C@@H](NC(=O)[C@@H](CCC(N)=O)NC(=O)[C@H](CS)Cc1ccccc1)C(=O)N[C@H](CO)C(=O)N[C@H](C)C(=O)O. The minimum atomic E-state index is -1.65. The topological polar surface area (TPSA) is 237 Å². The molecule has 0 aromatic heterocycles. The van der Waals surface area contributed by atoms with E-state index >= 15 is 0 Å². The van der Waals surface area contributed by atoms with Crippen molar-refractivity contribution in [1.82, 2.24) is 21.3 Å². The third-order valence-corrected chi connectivity index (χ3v) is 6.28. The molecule has 1 rings (SSSR count). The second-order valence-electron chi connectivity index (χ2n) is 9.17. The molecule has 9 N–H and O–H groups in total. The first kappa shape index (κ1) is 34.3. The van der Waals surface area contributed by atoms with Gasteiger partial charge in [0, 0.05) is 12.2 Å². The van der Waals surface area contributed by atoms with Gasteiger partial charge in [-0.1, -0.05) is 30.3 Å². The first-order valence-corrected chi connectivity index (χ1v) is 13.1. The van der Waals surface area contributed by atoms with Gasteiger partial charge in [0.1, 0.15) is 24.2 Å². The van der Waals surface area contributed by atoms with Crippen LogP contribution in [0.4, 0.5) is 0 Å². The largest absolute Gasteiger partial charge is 0.480 e. The number of amides is 5. The van der Waals surface area contributed by atoms with Crippen molar-refractivity contribution in [2.24, 2.45) is 11.7 Å². The van der Waals surface area contributed by atoms with Gasteiger partial charge in [0.2, 0.25) is 29.5 Å². The predicted molar refractivity (Wildman–Crippen MR) is 146 cm³/mol. The van der Waals surface area contributed by atoms with Gasteiger partial charge in [0.15, 0.2) is 0 Å². The number of nitrogens with one attached hydrogen (secondary N) is 4. The highest BCUT2D eigenvalue weighted by molar-refractivity contribution is 7.80. The molecule has 0 saturated carbocycles. The zero-order valence-electron chi connectivity index (χ0n) is 22.2. The van der Waals surface area contributed by atoms with E-state index in [1.54, 1.807) is 0 Å². The molecule has 0 unspecified atom stereocenters. The lowest BCUT2D eigenvalue weighted by molar-refractivity contribution is -0.142. The molecule has 0 spiro atoms. The number of carbonyl (C=O) groups excluding carboxylic acids is 5. The Kier molecular flexibility index (Phi) is 14.7. The van der Waals surface area contributed by atoms with Gasteiger partial charge in [-0.3, -0.25) is 28.8 Å². The highest BCUT2D eigenvalue weighted by atomic mass is 32.1. The molecular formula is C25H37N5O9S. The number of thiol groups is 1. The van der Waals surface area contributed by atoms with E-state index < -0.39 is 78.3 Å². The third-order valence-electron chi connectivity index (χ3n) is 5.84. The van der Waals surface area contributed by atoms with E-state index in [9.17, 15) is 39.0 Å². The number of benzene rings is 1. The molecule has 0 fully saturated rings. The number of aliphatic carboxylic acids is 1. The van der Waals surface area contributed by atoms with E-state index in [-0.39, 0.29) is 18.6 Å². The lowest BCUT2D eigenvalue weighted by Crippen LogP contribution is -2.61. The first-order valence-electron chi connectivity index (χ1n) is 12.5. The van der Waals surface area contributed by atoms with E-state index in [4.69, 9.17) is 10.8 Å². The van der Waals surface area contributed by atoms with Crippen molar-refractivity contribution in [2.75, 3.05) is 12.4 Å². The van der Waals surface area contributed by atoms with Gasteiger partial charge >= 0.3 is 5.97 Å². The summed E-state index contributed by atoms with van der Waals surface area (Å²) in [6.45, 7) is 1.45. The smallest absolute Gasteiger partial charge is 0.325 e. The van der Waals surface area contributed by atoms with Gasteiger partial charge in [-0.05, 0) is 32.3 Å². The Morgan fingerprint density at radius 2 is 1.45 bits per heavy atom. The van der Waals surface area contributed by atoms with E-state index in [0.717, 1.165) is 5.56 Å². The maximum atomic E-state index is 13.1. The number of hydrogen-bond donors (Lipinski definition) is 9. The summed E-state index contributed by atoms with van der Waals surface area (Å²) in [7, 11) is 0. The molecule has 0 aliphatic rings. The summed E-state index contributed by atoms with van der Waals surface area (Å²) in [5.41, 5.74) is 6.07. The fourth-order valence-corrected chi connectivity index (χ4v) is 3.77. The molecule has 0 heterocycles. The molecule has 0 bridgehead atoms. The zero-order chi connectivity index (χ0) is 30.4. The molecule has 6 atom stereocenters. The standard InChI is InChI=1S/C25H37N5O9S/c1-13(25(38)39)27-23(36)18(11-31)29-24(37)20(14(2)32)30-22(35)17(8-9-19(26)33)28-21(34)16(12-40)10-15-6-4-3-5-7-15/h3-7,13-14,16-18,20,31-32,40H,8-12H2,1-2H3,(H2,26,33)(H,27,36)(H,28,34)(H,29,37)(H,30,35)(H,38,39)/t13-,14+,16+,17-,18-,20-/m1/s1. The van der Waals surface area contributed by atoms with Crippen molar-refractivity contribution in [1.29, 1.82) is 0 Å². The van der Waals surface area contributed by atoms with Crippen LogP contribution in [-0.2, 0) is 35.2 Å². The van der Waals surface area contributed by atoms with Crippen LogP contribution in [0.25, 0.3) is 0 Å². The minimum absolute atomic E-state index is 0.148. The van der Waals surface area contributed by atoms with Crippen LogP contribution in [0.5, 0.6) is 0 Å². The number of carboxylic acids is 1. The molecule has 1 aromatic carbocycles. The summed E-state index contributed by atoms with van der Waals surface area (Å²) in [6, 6.07) is 3.23. The minimum Gasteiger partial charge on any atom is -0.480 e. The normalized spacial score (nSPS) is 15.3. The van der Waals surface area contributed by atoms with Crippen LogP contribution in [0, 0.1) is 5.92 Å².